The average Bonchev–Trinajstić information content (AvgIpc) is 3.07. The Morgan fingerprint density at radius 2 is 1.92 bits per heavy atom. The number of hydrogen-bond acceptors (Lipinski definition) is 6. The Bertz CT molecular complexity index is 1240. The lowest BCUT2D eigenvalue weighted by atomic mass is 10.0. The molecule has 2 aromatic rings. The van der Waals surface area contributed by atoms with E-state index in [2.05, 4.69) is 4.98 Å². The second-order valence-corrected chi connectivity index (χ2v) is 10.1. The number of pyridine rings is 1. The minimum Gasteiger partial charge on any atom is -0.378 e. The lowest BCUT2D eigenvalue weighted by Crippen LogP contribution is -2.47. The van der Waals surface area contributed by atoms with Gasteiger partial charge in [0.15, 0.2) is 11.3 Å². The van der Waals surface area contributed by atoms with Crippen LogP contribution >= 0.6 is 12.2 Å². The third-order valence-corrected chi connectivity index (χ3v) is 7.19. The molecule has 1 aromatic heterocycles. The molecule has 1 atom stereocenters. The van der Waals surface area contributed by atoms with Crippen molar-refractivity contribution in [3.63, 3.8) is 0 Å². The summed E-state index contributed by atoms with van der Waals surface area (Å²) in [5.74, 6) is 0.0969. The van der Waals surface area contributed by atoms with Crippen LogP contribution in [0.2, 0.25) is 0 Å². The molecule has 1 amide bonds. The highest BCUT2D eigenvalue weighted by Gasteiger charge is 2.50. The number of aryl methyl sites for hydroxylation is 1. The number of nitrogens with zero attached hydrogens (tertiary/aromatic N) is 5. The number of halogens is 3. The molecule has 4 rings (SSSR count). The summed E-state index contributed by atoms with van der Waals surface area (Å²) < 4.78 is 45.9. The summed E-state index contributed by atoms with van der Waals surface area (Å²) >= 11 is 5.61. The number of ether oxygens (including phenoxy) is 1. The van der Waals surface area contributed by atoms with Gasteiger partial charge >= 0.3 is 6.18 Å². The monoisotopic (exact) mass is 547 g/mol. The first kappa shape index (κ1) is 27.8. The third-order valence-electron chi connectivity index (χ3n) is 6.81. The van der Waals surface area contributed by atoms with Gasteiger partial charge in [-0.1, -0.05) is 0 Å². The van der Waals surface area contributed by atoms with Crippen LogP contribution in [-0.2, 0) is 22.1 Å². The molecular weight excluding hydrogens is 519 g/mol. The first-order valence-corrected chi connectivity index (χ1v) is 12.6. The van der Waals surface area contributed by atoms with Crippen LogP contribution in [0.1, 0.15) is 43.5 Å². The molecule has 2 fully saturated rings. The van der Waals surface area contributed by atoms with Crippen molar-refractivity contribution in [2.24, 2.45) is 0 Å². The van der Waals surface area contributed by atoms with Crippen LogP contribution in [0.4, 0.5) is 24.5 Å². The molecule has 0 aliphatic carbocycles. The van der Waals surface area contributed by atoms with Crippen LogP contribution in [0.3, 0.4) is 0 Å². The summed E-state index contributed by atoms with van der Waals surface area (Å²) in [4.78, 5) is 21.5. The van der Waals surface area contributed by atoms with E-state index in [-0.39, 0.29) is 16.7 Å². The van der Waals surface area contributed by atoms with E-state index in [1.54, 1.807) is 42.0 Å². The Hall–Kier alpha value is -3.27. The number of carbonyl (C=O) groups excluding carboxylic acids is 1. The fourth-order valence-corrected chi connectivity index (χ4v) is 5.23. The Kier molecular flexibility index (Phi) is 7.92. The van der Waals surface area contributed by atoms with Gasteiger partial charge in [-0.2, -0.15) is 18.4 Å². The molecule has 0 spiro atoms. The van der Waals surface area contributed by atoms with E-state index >= 15 is 0 Å². The maximum atomic E-state index is 13.5. The number of rotatable bonds is 6. The predicted octanol–water partition coefficient (Wildman–Crippen LogP) is 3.86. The second kappa shape index (κ2) is 10.8. The SMILES string of the molecule is CC1(C)C(O)N(c2ccc(C#N)c(C(F)(F)F)c2)C(=S)N1c1ccc(CCCC(=O)N2CCOCC2)nc1. The van der Waals surface area contributed by atoms with Crippen molar-refractivity contribution in [1.29, 1.82) is 5.26 Å². The molecule has 3 heterocycles. The number of anilines is 2. The van der Waals surface area contributed by atoms with E-state index in [0.29, 0.717) is 51.3 Å². The minimum atomic E-state index is -4.74. The molecule has 2 saturated heterocycles. The van der Waals surface area contributed by atoms with Gasteiger partial charge < -0.3 is 19.6 Å². The normalized spacial score (nSPS) is 19.6. The Morgan fingerprint density at radius 3 is 2.53 bits per heavy atom. The largest absolute Gasteiger partial charge is 0.417 e. The maximum absolute atomic E-state index is 13.5. The molecule has 0 radical (unpaired) electrons. The predicted molar refractivity (Wildman–Crippen MR) is 138 cm³/mol. The van der Waals surface area contributed by atoms with Crippen molar-refractivity contribution < 1.29 is 27.8 Å². The number of amides is 1. The zero-order valence-corrected chi connectivity index (χ0v) is 21.8. The van der Waals surface area contributed by atoms with Crippen LogP contribution < -0.4 is 9.80 Å². The maximum Gasteiger partial charge on any atom is 0.417 e. The lowest BCUT2D eigenvalue weighted by molar-refractivity contribution is -0.138. The fourth-order valence-electron chi connectivity index (χ4n) is 4.69. The Morgan fingerprint density at radius 1 is 1.24 bits per heavy atom. The summed E-state index contributed by atoms with van der Waals surface area (Å²) in [6.07, 6.45) is -2.75. The summed E-state index contributed by atoms with van der Waals surface area (Å²) in [6.45, 7) is 5.79. The molecule has 12 heteroatoms. The van der Waals surface area contributed by atoms with E-state index in [9.17, 15) is 23.1 Å². The van der Waals surface area contributed by atoms with E-state index < -0.39 is 29.1 Å². The molecule has 1 N–H and O–H groups in total. The lowest BCUT2D eigenvalue weighted by Gasteiger charge is -2.32. The van der Waals surface area contributed by atoms with Crippen LogP contribution in [0, 0.1) is 11.3 Å². The number of aromatic nitrogens is 1. The first-order chi connectivity index (χ1) is 17.9. The van der Waals surface area contributed by atoms with Crippen molar-refractivity contribution >= 4 is 34.6 Å². The molecular formula is C26H28F3N5O3S. The molecule has 0 bridgehead atoms. The van der Waals surface area contributed by atoms with Gasteiger partial charge in [0.25, 0.3) is 0 Å². The smallest absolute Gasteiger partial charge is 0.378 e. The topological polar surface area (TPSA) is 92.9 Å². The number of thiocarbonyl (C=S) groups is 1. The summed E-state index contributed by atoms with van der Waals surface area (Å²) in [5.41, 5.74) is -1.23. The number of benzene rings is 1. The van der Waals surface area contributed by atoms with E-state index in [4.69, 9.17) is 22.2 Å². The number of carbonyl (C=O) groups is 1. The van der Waals surface area contributed by atoms with E-state index in [0.717, 1.165) is 17.8 Å². The zero-order valence-electron chi connectivity index (χ0n) is 21.0. The van der Waals surface area contributed by atoms with Crippen molar-refractivity contribution in [2.75, 3.05) is 36.1 Å². The minimum absolute atomic E-state index is 0.0268. The van der Waals surface area contributed by atoms with Crippen LogP contribution in [-0.4, -0.2) is 64.1 Å². The van der Waals surface area contributed by atoms with Gasteiger partial charge in [0, 0.05) is 30.9 Å². The quantitative estimate of drug-likeness (QED) is 0.545. The number of alkyl halides is 3. The van der Waals surface area contributed by atoms with E-state index in [1.807, 2.05) is 6.07 Å². The third kappa shape index (κ3) is 5.45. The van der Waals surface area contributed by atoms with Crippen molar-refractivity contribution in [3.05, 3.63) is 53.3 Å². The van der Waals surface area contributed by atoms with Gasteiger partial charge in [0.1, 0.15) is 0 Å². The number of nitriles is 1. The van der Waals surface area contributed by atoms with Crippen molar-refractivity contribution in [1.82, 2.24) is 9.88 Å². The van der Waals surface area contributed by atoms with Gasteiger partial charge in [-0.15, -0.1) is 0 Å². The van der Waals surface area contributed by atoms with Crippen molar-refractivity contribution in [3.8, 4) is 6.07 Å². The molecule has 2 aliphatic heterocycles. The first-order valence-electron chi connectivity index (χ1n) is 12.2. The van der Waals surface area contributed by atoms with E-state index in [1.165, 1.54) is 11.0 Å². The number of aliphatic hydroxyl groups excluding tert-OH is 1. The Labute approximate surface area is 224 Å². The molecule has 2 aliphatic rings. The molecule has 1 aromatic carbocycles. The average molecular weight is 548 g/mol. The second-order valence-electron chi connectivity index (χ2n) is 9.71. The fraction of sp³-hybridized carbons (Fsp3) is 0.462. The van der Waals surface area contributed by atoms with Crippen LogP contribution in [0.5, 0.6) is 0 Å². The highest BCUT2D eigenvalue weighted by atomic mass is 32.1. The molecule has 0 saturated carbocycles. The highest BCUT2D eigenvalue weighted by Crippen LogP contribution is 2.41. The van der Waals surface area contributed by atoms with Gasteiger partial charge in [-0.3, -0.25) is 14.7 Å². The Balaban J connectivity index is 1.49. The molecule has 202 valence electrons. The van der Waals surface area contributed by atoms with Gasteiger partial charge in [0.05, 0.1) is 47.8 Å². The standard InChI is InChI=1S/C26H28F3N5O3S/c1-25(2)23(36)33(19-8-6-17(15-30)21(14-19)26(27,28)29)24(38)34(25)20-9-7-18(31-16-20)4-3-5-22(35)32-10-12-37-13-11-32/h6-9,14,16,23,36H,3-5,10-13H2,1-2H3. The summed E-state index contributed by atoms with van der Waals surface area (Å²) in [7, 11) is 0. The molecule has 1 unspecified atom stereocenters. The van der Waals surface area contributed by atoms with Crippen LogP contribution in [0.25, 0.3) is 0 Å². The summed E-state index contributed by atoms with van der Waals surface area (Å²) in [6, 6.07) is 8.39. The van der Waals surface area contributed by atoms with Crippen molar-refractivity contribution in [2.45, 2.75) is 51.1 Å². The number of aliphatic hydroxyl groups is 1. The number of morpholine rings is 1. The number of hydrogen-bond donors (Lipinski definition) is 1. The zero-order chi connectivity index (χ0) is 27.7. The molecule has 38 heavy (non-hydrogen) atoms. The van der Waals surface area contributed by atoms with Gasteiger partial charge in [0.2, 0.25) is 5.91 Å². The van der Waals surface area contributed by atoms with Gasteiger partial charge in [-0.05, 0) is 69.2 Å². The van der Waals surface area contributed by atoms with Crippen LogP contribution in [0.15, 0.2) is 36.5 Å². The summed E-state index contributed by atoms with van der Waals surface area (Å²) in [5, 5.41) is 20.3. The molecule has 8 nitrogen and oxygen atoms in total. The van der Waals surface area contributed by atoms with Gasteiger partial charge in [-0.25, -0.2) is 0 Å². The highest BCUT2D eigenvalue weighted by molar-refractivity contribution is 7.80.